The number of nitrogens with one attached hydrogen (secondary N) is 1. The van der Waals surface area contributed by atoms with Crippen LogP contribution in [-0.2, 0) is 4.74 Å². The van der Waals surface area contributed by atoms with Gasteiger partial charge in [0.2, 0.25) is 0 Å². The van der Waals surface area contributed by atoms with Crippen molar-refractivity contribution >= 4 is 17.2 Å². The van der Waals surface area contributed by atoms with Crippen molar-refractivity contribution in [1.82, 2.24) is 5.32 Å². The molecule has 2 heterocycles. The Morgan fingerprint density at radius 1 is 1.58 bits per heavy atom. The molecule has 0 unspecified atom stereocenters. The van der Waals surface area contributed by atoms with Crippen LogP contribution in [0.2, 0.25) is 0 Å². The van der Waals surface area contributed by atoms with Crippen molar-refractivity contribution in [1.29, 1.82) is 0 Å². The normalized spacial score (nSPS) is 18.2. The average Bonchev–Trinajstić information content (AvgIpc) is 2.86. The molecule has 0 saturated carbocycles. The van der Waals surface area contributed by atoms with Crippen LogP contribution in [0.5, 0.6) is 0 Å². The number of aliphatic hydroxyl groups excluding tert-OH is 1. The highest BCUT2D eigenvalue weighted by Crippen LogP contribution is 2.20. The summed E-state index contributed by atoms with van der Waals surface area (Å²) >= 11 is 1.45. The molecule has 1 amide bonds. The average molecular weight is 283 g/mol. The summed E-state index contributed by atoms with van der Waals surface area (Å²) in [6, 6.07) is 1.88. The lowest BCUT2D eigenvalue weighted by atomic mass is 9.92. The fourth-order valence-electron chi connectivity index (χ4n) is 2.31. The molecule has 0 aliphatic carbocycles. The van der Waals surface area contributed by atoms with Gasteiger partial charge in [0, 0.05) is 19.8 Å². The van der Waals surface area contributed by atoms with E-state index in [1.54, 1.807) is 0 Å². The minimum Gasteiger partial charge on any atom is -0.393 e. The van der Waals surface area contributed by atoms with Crippen LogP contribution in [0.25, 0.3) is 0 Å². The van der Waals surface area contributed by atoms with Crippen LogP contribution >= 0.6 is 11.3 Å². The van der Waals surface area contributed by atoms with Crippen LogP contribution in [0.15, 0.2) is 11.4 Å². The predicted molar refractivity (Wildman–Crippen MR) is 75.6 cm³/mol. The van der Waals surface area contributed by atoms with E-state index in [0.29, 0.717) is 18.9 Å². The second-order valence-electron chi connectivity index (χ2n) is 5.05. The van der Waals surface area contributed by atoms with Crippen molar-refractivity contribution in [2.45, 2.75) is 32.3 Å². The molecule has 0 aromatic carbocycles. The number of amides is 1. The van der Waals surface area contributed by atoms with Crippen LogP contribution in [0.1, 0.15) is 34.5 Å². The van der Waals surface area contributed by atoms with Gasteiger partial charge in [0.05, 0.1) is 11.0 Å². The van der Waals surface area contributed by atoms with Gasteiger partial charge in [-0.25, -0.2) is 0 Å². The maximum atomic E-state index is 11.8. The Morgan fingerprint density at radius 2 is 2.32 bits per heavy atom. The summed E-state index contributed by atoms with van der Waals surface area (Å²) in [7, 11) is 0. The quantitative estimate of drug-likeness (QED) is 0.868. The van der Waals surface area contributed by atoms with E-state index < -0.39 is 0 Å². The number of thiophene rings is 1. The van der Waals surface area contributed by atoms with Crippen molar-refractivity contribution in [3.63, 3.8) is 0 Å². The van der Waals surface area contributed by atoms with E-state index in [4.69, 9.17) is 4.74 Å². The lowest BCUT2D eigenvalue weighted by Gasteiger charge is -2.26. The molecule has 2 rings (SSSR count). The van der Waals surface area contributed by atoms with E-state index in [-0.39, 0.29) is 12.0 Å². The minimum atomic E-state index is -0.339. The molecule has 0 spiro atoms. The third-order valence-corrected chi connectivity index (χ3v) is 4.54. The van der Waals surface area contributed by atoms with Gasteiger partial charge >= 0.3 is 0 Å². The zero-order valence-electron chi connectivity index (χ0n) is 11.2. The van der Waals surface area contributed by atoms with E-state index in [1.807, 2.05) is 18.4 Å². The van der Waals surface area contributed by atoms with Gasteiger partial charge < -0.3 is 15.2 Å². The summed E-state index contributed by atoms with van der Waals surface area (Å²) in [5.74, 6) is 0.270. The molecule has 1 atom stereocenters. The molecule has 19 heavy (non-hydrogen) atoms. The summed E-state index contributed by atoms with van der Waals surface area (Å²) in [6.07, 6.45) is 2.11. The standard InChI is InChI=1S/C14H21NO3S/c1-10-8-13(19-9-10)14(17)15-5-2-12(16)11-3-6-18-7-4-11/h8-9,11-12,16H,2-7H2,1H3,(H,15,17)/t12-/m0/s1. The van der Waals surface area contributed by atoms with Crippen LogP contribution in [0.4, 0.5) is 0 Å². The van der Waals surface area contributed by atoms with Crippen molar-refractivity contribution in [3.8, 4) is 0 Å². The maximum Gasteiger partial charge on any atom is 0.261 e. The molecule has 106 valence electrons. The molecule has 1 aliphatic heterocycles. The van der Waals surface area contributed by atoms with E-state index in [2.05, 4.69) is 5.32 Å². The number of carbonyl (C=O) groups excluding carboxylic acids is 1. The van der Waals surface area contributed by atoms with Gasteiger partial charge in [0.1, 0.15) is 0 Å². The van der Waals surface area contributed by atoms with Crippen LogP contribution < -0.4 is 5.32 Å². The zero-order chi connectivity index (χ0) is 13.7. The molecule has 1 fully saturated rings. The molecule has 1 aromatic heterocycles. The molecule has 0 radical (unpaired) electrons. The molecule has 1 aliphatic rings. The highest BCUT2D eigenvalue weighted by molar-refractivity contribution is 7.12. The molecule has 4 nitrogen and oxygen atoms in total. The molecule has 1 aromatic rings. The fourth-order valence-corrected chi connectivity index (χ4v) is 3.12. The minimum absolute atomic E-state index is 0.0442. The van der Waals surface area contributed by atoms with Crippen molar-refractivity contribution in [2.24, 2.45) is 5.92 Å². The number of hydrogen-bond donors (Lipinski definition) is 2. The van der Waals surface area contributed by atoms with Gasteiger partial charge in [-0.05, 0) is 49.1 Å². The Morgan fingerprint density at radius 3 is 2.95 bits per heavy atom. The summed E-state index contributed by atoms with van der Waals surface area (Å²) in [6.45, 7) is 3.97. The van der Waals surface area contributed by atoms with Crippen molar-refractivity contribution in [2.75, 3.05) is 19.8 Å². The SMILES string of the molecule is Cc1csc(C(=O)NCC[C@H](O)C2CCOCC2)c1. The second kappa shape index (κ2) is 7.03. The Bertz CT molecular complexity index is 413. The number of aliphatic hydroxyl groups is 1. The van der Waals surface area contributed by atoms with E-state index in [1.165, 1.54) is 11.3 Å². The molecular formula is C14H21NO3S. The first kappa shape index (κ1) is 14.5. The van der Waals surface area contributed by atoms with Gasteiger partial charge in [-0.15, -0.1) is 11.3 Å². The van der Waals surface area contributed by atoms with Crippen LogP contribution in [0.3, 0.4) is 0 Å². The third kappa shape index (κ3) is 4.30. The lowest BCUT2D eigenvalue weighted by molar-refractivity contribution is 0.00528. The number of carbonyl (C=O) groups is 1. The molecular weight excluding hydrogens is 262 g/mol. The highest BCUT2D eigenvalue weighted by Gasteiger charge is 2.21. The smallest absolute Gasteiger partial charge is 0.261 e. The first-order chi connectivity index (χ1) is 9.16. The van der Waals surface area contributed by atoms with Gasteiger partial charge in [-0.1, -0.05) is 0 Å². The fraction of sp³-hybridized carbons (Fsp3) is 0.643. The summed E-state index contributed by atoms with van der Waals surface area (Å²) in [5, 5.41) is 14.9. The van der Waals surface area contributed by atoms with E-state index in [9.17, 15) is 9.90 Å². The summed E-state index contributed by atoms with van der Waals surface area (Å²) in [5.41, 5.74) is 1.11. The maximum absolute atomic E-state index is 11.8. The Kier molecular flexibility index (Phi) is 5.36. The zero-order valence-corrected chi connectivity index (χ0v) is 12.0. The third-order valence-electron chi connectivity index (χ3n) is 3.49. The van der Waals surface area contributed by atoms with E-state index in [0.717, 1.165) is 36.5 Å². The van der Waals surface area contributed by atoms with Gasteiger partial charge in [0.25, 0.3) is 5.91 Å². The molecule has 1 saturated heterocycles. The largest absolute Gasteiger partial charge is 0.393 e. The molecule has 0 bridgehead atoms. The van der Waals surface area contributed by atoms with Gasteiger partial charge in [-0.2, -0.15) is 0 Å². The highest BCUT2D eigenvalue weighted by atomic mass is 32.1. The number of ether oxygens (including phenoxy) is 1. The number of rotatable bonds is 5. The van der Waals surface area contributed by atoms with E-state index >= 15 is 0 Å². The van der Waals surface area contributed by atoms with Crippen LogP contribution in [-0.4, -0.2) is 36.9 Å². The Balaban J connectivity index is 1.69. The Labute approximate surface area is 117 Å². The second-order valence-corrected chi connectivity index (χ2v) is 5.96. The summed E-state index contributed by atoms with van der Waals surface area (Å²) in [4.78, 5) is 12.5. The topological polar surface area (TPSA) is 58.6 Å². The van der Waals surface area contributed by atoms with Gasteiger partial charge in [-0.3, -0.25) is 4.79 Å². The van der Waals surface area contributed by atoms with Crippen molar-refractivity contribution < 1.29 is 14.6 Å². The van der Waals surface area contributed by atoms with Gasteiger partial charge in [0.15, 0.2) is 0 Å². The molecule has 5 heteroatoms. The number of hydrogen-bond acceptors (Lipinski definition) is 4. The monoisotopic (exact) mass is 283 g/mol. The molecule has 2 N–H and O–H groups in total. The van der Waals surface area contributed by atoms with Crippen molar-refractivity contribution in [3.05, 3.63) is 21.9 Å². The number of aryl methyl sites for hydroxylation is 1. The first-order valence-corrected chi connectivity index (χ1v) is 7.64. The predicted octanol–water partition coefficient (Wildman–Crippen LogP) is 1.96. The van der Waals surface area contributed by atoms with Crippen LogP contribution in [0, 0.1) is 12.8 Å². The first-order valence-electron chi connectivity index (χ1n) is 6.76. The summed E-state index contributed by atoms with van der Waals surface area (Å²) < 4.78 is 5.27. The Hall–Kier alpha value is -0.910. The lowest BCUT2D eigenvalue weighted by Crippen LogP contribution is -2.32.